The van der Waals surface area contributed by atoms with Gasteiger partial charge < -0.3 is 4.74 Å². The minimum Gasteiger partial charge on any atom is -0.459 e. The summed E-state index contributed by atoms with van der Waals surface area (Å²) in [6.07, 6.45) is 11.1. The van der Waals surface area contributed by atoms with Crippen LogP contribution >= 0.6 is 0 Å². The average molecular weight is 374 g/mol. The number of ether oxygens (including phenoxy) is 1. The maximum Gasteiger partial charge on any atom is 0.303 e. The quantitative estimate of drug-likeness (QED) is 0.256. The van der Waals surface area contributed by atoms with Crippen LogP contribution in [0, 0.1) is 34.5 Å². The SMILES string of the molecule is CC(=O)O[C@@]1(C)C[C@@H]2CC[C@H]3[C@@H]4CCC[C@@]4(C)CC[C@@H]3[C@@]2(C)C[C@@H]1N=[N+]=[N-]. The van der Waals surface area contributed by atoms with Crippen molar-refractivity contribution in [3.8, 4) is 0 Å². The summed E-state index contributed by atoms with van der Waals surface area (Å²) in [5.74, 6) is 2.73. The molecule has 0 spiro atoms. The van der Waals surface area contributed by atoms with Crippen molar-refractivity contribution >= 4 is 5.97 Å². The average Bonchev–Trinajstić information content (AvgIpc) is 2.97. The van der Waals surface area contributed by atoms with E-state index in [9.17, 15) is 10.3 Å². The van der Waals surface area contributed by atoms with Crippen LogP contribution in [-0.2, 0) is 9.53 Å². The second-order valence-corrected chi connectivity index (χ2v) is 10.8. The van der Waals surface area contributed by atoms with Crippen LogP contribution in [-0.4, -0.2) is 17.6 Å². The first-order valence-corrected chi connectivity index (χ1v) is 11.0. The number of esters is 1. The van der Waals surface area contributed by atoms with E-state index in [0.29, 0.717) is 11.3 Å². The molecular weight excluding hydrogens is 338 g/mol. The lowest BCUT2D eigenvalue weighted by Gasteiger charge is -2.62. The molecule has 0 aromatic heterocycles. The molecule has 5 heteroatoms. The van der Waals surface area contributed by atoms with E-state index in [1.165, 1.54) is 51.9 Å². The Morgan fingerprint density at radius 1 is 1.07 bits per heavy atom. The van der Waals surface area contributed by atoms with Gasteiger partial charge in [-0.05, 0) is 98.3 Å². The molecule has 0 amide bonds. The normalized spacial score (nSPS) is 51.3. The zero-order valence-corrected chi connectivity index (χ0v) is 17.4. The van der Waals surface area contributed by atoms with Gasteiger partial charge >= 0.3 is 5.97 Å². The fourth-order valence-corrected chi connectivity index (χ4v) is 8.10. The summed E-state index contributed by atoms with van der Waals surface area (Å²) in [6, 6.07) is -0.261. The van der Waals surface area contributed by atoms with Crippen molar-refractivity contribution in [3.63, 3.8) is 0 Å². The van der Waals surface area contributed by atoms with E-state index in [0.717, 1.165) is 30.6 Å². The lowest BCUT2D eigenvalue weighted by molar-refractivity contribution is -0.182. The first kappa shape index (κ1) is 19.1. The molecular formula is C22H35N3O2. The Hall–Kier alpha value is -1.22. The lowest BCUT2D eigenvalue weighted by Crippen LogP contribution is -2.59. The van der Waals surface area contributed by atoms with Gasteiger partial charge in [0, 0.05) is 11.8 Å². The molecule has 4 fully saturated rings. The number of fused-ring (bicyclic) bond motifs is 5. The third-order valence-corrected chi connectivity index (χ3v) is 9.40. The monoisotopic (exact) mass is 373 g/mol. The van der Waals surface area contributed by atoms with Gasteiger partial charge in [0.2, 0.25) is 0 Å². The fourth-order valence-electron chi connectivity index (χ4n) is 8.10. The molecule has 27 heavy (non-hydrogen) atoms. The van der Waals surface area contributed by atoms with Crippen LogP contribution in [0.2, 0.25) is 0 Å². The van der Waals surface area contributed by atoms with Gasteiger partial charge in [-0.2, -0.15) is 0 Å². The number of nitrogens with zero attached hydrogens (tertiary/aromatic N) is 3. The summed E-state index contributed by atoms with van der Waals surface area (Å²) >= 11 is 0. The van der Waals surface area contributed by atoms with Crippen molar-refractivity contribution in [1.29, 1.82) is 0 Å². The van der Waals surface area contributed by atoms with Gasteiger partial charge in [0.25, 0.3) is 0 Å². The number of carbonyl (C=O) groups excluding carboxylic acids is 1. The second kappa shape index (κ2) is 6.40. The van der Waals surface area contributed by atoms with E-state index in [4.69, 9.17) is 4.74 Å². The minimum atomic E-state index is -0.661. The molecule has 4 rings (SSSR count). The van der Waals surface area contributed by atoms with Gasteiger partial charge in [-0.15, -0.1) is 0 Å². The molecule has 4 aliphatic carbocycles. The Morgan fingerprint density at radius 2 is 1.85 bits per heavy atom. The smallest absolute Gasteiger partial charge is 0.303 e. The molecule has 150 valence electrons. The zero-order chi connectivity index (χ0) is 19.4. The van der Waals surface area contributed by atoms with Crippen molar-refractivity contribution in [3.05, 3.63) is 10.4 Å². The highest BCUT2D eigenvalue weighted by Gasteiger charge is 2.61. The maximum absolute atomic E-state index is 11.7. The number of azide groups is 1. The van der Waals surface area contributed by atoms with Crippen LogP contribution in [0.1, 0.15) is 85.5 Å². The summed E-state index contributed by atoms with van der Waals surface area (Å²) in [4.78, 5) is 14.9. The van der Waals surface area contributed by atoms with E-state index in [1.807, 2.05) is 6.92 Å². The Labute approximate surface area is 163 Å². The van der Waals surface area contributed by atoms with Crippen molar-refractivity contribution in [1.82, 2.24) is 0 Å². The molecule has 0 aromatic carbocycles. The summed E-state index contributed by atoms with van der Waals surface area (Å²) in [5.41, 5.74) is 9.28. The molecule has 0 saturated heterocycles. The lowest BCUT2D eigenvalue weighted by atomic mass is 9.44. The number of rotatable bonds is 2. The highest BCUT2D eigenvalue weighted by atomic mass is 16.6. The third kappa shape index (κ3) is 2.88. The molecule has 0 heterocycles. The van der Waals surface area contributed by atoms with Crippen LogP contribution in [0.4, 0.5) is 0 Å². The summed E-state index contributed by atoms with van der Waals surface area (Å²) in [6.45, 7) is 8.44. The molecule has 4 saturated carbocycles. The maximum atomic E-state index is 11.7. The number of hydrogen-bond donors (Lipinski definition) is 0. The van der Waals surface area contributed by atoms with Crippen LogP contribution in [0.25, 0.3) is 10.4 Å². The highest BCUT2D eigenvalue weighted by Crippen LogP contribution is 2.67. The Balaban J connectivity index is 1.65. The van der Waals surface area contributed by atoms with Crippen LogP contribution in [0.5, 0.6) is 0 Å². The van der Waals surface area contributed by atoms with Crippen LogP contribution in [0.3, 0.4) is 0 Å². The fraction of sp³-hybridized carbons (Fsp3) is 0.955. The standard InChI is InChI=1S/C22H35N3O2/c1-14(26)27-22(4)12-15-7-8-16-17-6-5-10-20(17,2)11-9-18(16)21(15,3)13-19(22)24-25-23/h15-19H,5-13H2,1-4H3/t15-,16-,17-,18-,19-,20-,21-,22-/m0/s1. The molecule has 0 aromatic rings. The van der Waals surface area contributed by atoms with E-state index < -0.39 is 5.60 Å². The van der Waals surface area contributed by atoms with Gasteiger partial charge in [0.05, 0.1) is 6.04 Å². The molecule has 0 N–H and O–H groups in total. The third-order valence-electron chi connectivity index (χ3n) is 9.40. The molecule has 0 unspecified atom stereocenters. The molecule has 0 radical (unpaired) electrons. The predicted molar refractivity (Wildman–Crippen MR) is 105 cm³/mol. The topological polar surface area (TPSA) is 75.1 Å². The molecule has 5 nitrogen and oxygen atoms in total. The highest BCUT2D eigenvalue weighted by molar-refractivity contribution is 5.66. The van der Waals surface area contributed by atoms with Gasteiger partial charge in [-0.25, -0.2) is 0 Å². The summed E-state index contributed by atoms with van der Waals surface area (Å²) in [5, 5.41) is 4.15. The second-order valence-electron chi connectivity index (χ2n) is 10.8. The van der Waals surface area contributed by atoms with Crippen molar-refractivity contribution in [2.24, 2.45) is 39.6 Å². The summed E-state index contributed by atoms with van der Waals surface area (Å²) in [7, 11) is 0. The van der Waals surface area contributed by atoms with Gasteiger partial charge in [0.15, 0.2) is 0 Å². The van der Waals surface area contributed by atoms with Crippen molar-refractivity contribution in [2.45, 2.75) is 97.1 Å². The first-order chi connectivity index (χ1) is 12.7. The predicted octanol–water partition coefficient (Wildman–Crippen LogP) is 6.03. The summed E-state index contributed by atoms with van der Waals surface area (Å²) < 4.78 is 5.76. The van der Waals surface area contributed by atoms with Crippen molar-refractivity contribution < 1.29 is 9.53 Å². The van der Waals surface area contributed by atoms with Gasteiger partial charge in [0.1, 0.15) is 5.60 Å². The van der Waals surface area contributed by atoms with E-state index in [1.54, 1.807) is 0 Å². The first-order valence-electron chi connectivity index (χ1n) is 11.0. The largest absolute Gasteiger partial charge is 0.459 e. The van der Waals surface area contributed by atoms with Gasteiger partial charge in [-0.1, -0.05) is 25.4 Å². The Bertz CT molecular complexity index is 674. The molecule has 4 aliphatic rings. The van der Waals surface area contributed by atoms with Crippen LogP contribution in [0.15, 0.2) is 5.11 Å². The van der Waals surface area contributed by atoms with Gasteiger partial charge in [-0.3, -0.25) is 4.79 Å². The van der Waals surface area contributed by atoms with Crippen molar-refractivity contribution in [2.75, 3.05) is 0 Å². The van der Waals surface area contributed by atoms with E-state index >= 15 is 0 Å². The molecule has 8 atom stereocenters. The molecule has 0 bridgehead atoms. The van der Waals surface area contributed by atoms with E-state index in [2.05, 4.69) is 23.9 Å². The minimum absolute atomic E-state index is 0.200. The van der Waals surface area contributed by atoms with E-state index in [-0.39, 0.29) is 17.4 Å². The Morgan fingerprint density at radius 3 is 2.56 bits per heavy atom. The Kier molecular flexibility index (Phi) is 4.53. The number of hydrogen-bond acceptors (Lipinski definition) is 3. The van der Waals surface area contributed by atoms with Crippen LogP contribution < -0.4 is 0 Å². The zero-order valence-electron chi connectivity index (χ0n) is 17.4. The molecule has 0 aliphatic heterocycles. The number of carbonyl (C=O) groups is 1.